The van der Waals surface area contributed by atoms with Gasteiger partial charge in [-0.1, -0.05) is 0 Å². The molecule has 14 valence electrons. The van der Waals surface area contributed by atoms with Gasteiger partial charge in [-0.05, 0) is 0 Å². The molecule has 0 aliphatic heterocycles. The molecule has 0 heterocycles. The molecule has 0 saturated carbocycles. The van der Waals surface area contributed by atoms with Gasteiger partial charge in [-0.3, -0.25) is 0 Å². The first-order valence-electron chi connectivity index (χ1n) is 0. The van der Waals surface area contributed by atoms with Crippen LogP contribution >= 0.6 is 9.90 Å². The largest absolute Gasteiger partial charge is 3.00 e. The first kappa shape index (κ1) is 45.4. The van der Waals surface area contributed by atoms with Gasteiger partial charge in [0.2, 0.25) is 0 Å². The zero-order chi connectivity index (χ0) is 0. The minimum Gasteiger partial charge on any atom is -3.00 e. The molecule has 0 unspecified atom stereocenters. The van der Waals surface area contributed by atoms with Crippen molar-refractivity contribution in [2.45, 2.75) is 0 Å². The van der Waals surface area contributed by atoms with Crippen molar-refractivity contribution in [2.75, 3.05) is 0 Å². The maximum absolute atomic E-state index is 0. The molecule has 0 atom stereocenters. The van der Waals surface area contributed by atoms with Crippen molar-refractivity contribution in [3.05, 3.63) is 0 Å². The maximum Gasteiger partial charge on any atom is 1.00 e. The molecule has 0 amide bonds. The molecule has 0 aromatic carbocycles. The van der Waals surface area contributed by atoms with Crippen molar-refractivity contribution in [2.24, 2.45) is 0 Å². The van der Waals surface area contributed by atoms with E-state index < -0.39 is 0 Å². The van der Waals surface area contributed by atoms with E-state index in [0.29, 0.717) is 0 Å². The number of hydrogen-bond acceptors (Lipinski definition) is 0. The zero-order valence-corrected chi connectivity index (χ0v) is 22.7. The Kier molecular flexibility index (Phi) is 238. The van der Waals surface area contributed by atoms with Gasteiger partial charge in [0.1, 0.15) is 0 Å². The maximum atomic E-state index is 0. The van der Waals surface area contributed by atoms with Crippen LogP contribution in [0.5, 0.6) is 0 Å². The second-order valence-corrected chi connectivity index (χ2v) is 0. The van der Waals surface area contributed by atoms with Crippen molar-refractivity contribution >= 4 is 9.90 Å². The second-order valence-electron chi connectivity index (χ2n) is 0. The van der Waals surface area contributed by atoms with E-state index in [-0.39, 0.29) is 257 Å². The molecule has 0 aliphatic carbocycles. The van der Waals surface area contributed by atoms with Crippen LogP contribution in [0.25, 0.3) is 0 Å². The SMILES string of the molecule is [H-].[H-].[H-].[K+].[K+].[K+].[Na+].[Na+].[Na+].[P-3]. The van der Waals surface area contributed by atoms with Crippen LogP contribution in [0, 0.1) is 0 Å². The van der Waals surface area contributed by atoms with Crippen LogP contribution in [0.4, 0.5) is 0 Å². The van der Waals surface area contributed by atoms with Crippen LogP contribution in [0.2, 0.25) is 0 Å². The Morgan fingerprint density at radius 1 is 0.571 bits per heavy atom. The summed E-state index contributed by atoms with van der Waals surface area (Å²) in [5.74, 6) is 0. The molecule has 0 N–H and O–H groups in total. The van der Waals surface area contributed by atoms with E-state index in [1.54, 1.807) is 0 Å². The zero-order valence-electron chi connectivity index (χ0n) is 9.45. The van der Waals surface area contributed by atoms with Crippen molar-refractivity contribution in [1.29, 1.82) is 0 Å². The van der Waals surface area contributed by atoms with Gasteiger partial charge in [0, 0.05) is 0 Å². The van der Waals surface area contributed by atoms with E-state index in [9.17, 15) is 0 Å². The van der Waals surface area contributed by atoms with Gasteiger partial charge in [-0.15, -0.1) is 0 Å². The Labute approximate surface area is 248 Å². The van der Waals surface area contributed by atoms with Gasteiger partial charge in [0.15, 0.2) is 0 Å². The molecule has 0 spiro atoms. The van der Waals surface area contributed by atoms with Gasteiger partial charge in [-0.25, -0.2) is 0 Å². The quantitative estimate of drug-likeness (QED) is 0.281. The Morgan fingerprint density at radius 2 is 0.571 bits per heavy atom. The van der Waals surface area contributed by atoms with Gasteiger partial charge >= 0.3 is 243 Å². The third kappa shape index (κ3) is 31.4. The van der Waals surface area contributed by atoms with Crippen LogP contribution in [0.3, 0.4) is 0 Å². The minimum absolute atomic E-state index is 0. The molecule has 0 radical (unpaired) electrons. The van der Waals surface area contributed by atoms with Crippen LogP contribution in [0.15, 0.2) is 0 Å². The summed E-state index contributed by atoms with van der Waals surface area (Å²) in [5, 5.41) is 0. The monoisotopic (exact) mass is 220 g/mol. The summed E-state index contributed by atoms with van der Waals surface area (Å²) in [6.45, 7) is 0. The van der Waals surface area contributed by atoms with Crippen LogP contribution in [-0.4, -0.2) is 0 Å². The smallest absolute Gasteiger partial charge is 1.00 e. The van der Waals surface area contributed by atoms with Gasteiger partial charge in [0.05, 0.1) is 0 Å². The van der Waals surface area contributed by atoms with Crippen molar-refractivity contribution < 1.29 is 247 Å². The van der Waals surface area contributed by atoms with Gasteiger partial charge < -0.3 is 14.2 Å². The molecular weight excluding hydrogens is 217 g/mol. The van der Waals surface area contributed by atoms with Gasteiger partial charge in [0.25, 0.3) is 0 Å². The standard InChI is InChI=1S/3K.3Na.P.3H/q6*+1;-3;3*-1. The molecule has 0 aliphatic rings. The molecule has 0 aromatic heterocycles. The number of hydrogen-bond donors (Lipinski definition) is 0. The first-order chi connectivity index (χ1) is 0. The summed E-state index contributed by atoms with van der Waals surface area (Å²) in [6.07, 6.45) is 0. The second kappa shape index (κ2) is 36.7. The predicted octanol–water partition coefficient (Wildman–Crippen LogP) is -16.8. The summed E-state index contributed by atoms with van der Waals surface area (Å²) in [7, 11) is 0. The Morgan fingerprint density at radius 3 is 0.571 bits per heavy atom. The molecule has 0 rings (SSSR count). The fourth-order valence-electron chi connectivity index (χ4n) is 0. The normalized spacial score (nSPS) is 0. The molecule has 0 fully saturated rings. The fraction of sp³-hybridized carbons (Fsp3) is 0. The van der Waals surface area contributed by atoms with E-state index in [4.69, 9.17) is 0 Å². The fourth-order valence-corrected chi connectivity index (χ4v) is 0. The molecular formula is H3K3Na3P. The van der Waals surface area contributed by atoms with E-state index in [2.05, 4.69) is 0 Å². The molecule has 0 saturated heterocycles. The van der Waals surface area contributed by atoms with Crippen LogP contribution < -0.4 is 243 Å². The van der Waals surface area contributed by atoms with Gasteiger partial charge in [-0.2, -0.15) is 0 Å². The third-order valence-corrected chi connectivity index (χ3v) is 0. The minimum atomic E-state index is 0. The molecule has 7 heavy (non-hydrogen) atoms. The topological polar surface area (TPSA) is 0 Å². The van der Waals surface area contributed by atoms with Crippen molar-refractivity contribution in [1.82, 2.24) is 0 Å². The van der Waals surface area contributed by atoms with Crippen LogP contribution in [0.1, 0.15) is 4.28 Å². The number of rotatable bonds is 0. The third-order valence-electron chi connectivity index (χ3n) is 0. The molecule has 0 nitrogen and oxygen atoms in total. The van der Waals surface area contributed by atoms with Crippen molar-refractivity contribution in [3.8, 4) is 0 Å². The molecule has 7 heteroatoms. The molecule has 0 aromatic rings. The van der Waals surface area contributed by atoms with E-state index in [1.807, 2.05) is 0 Å². The summed E-state index contributed by atoms with van der Waals surface area (Å²) >= 11 is 0. The van der Waals surface area contributed by atoms with E-state index >= 15 is 0 Å². The van der Waals surface area contributed by atoms with Crippen LogP contribution in [-0.2, 0) is 0 Å². The Hall–Kier alpha value is 8.34. The summed E-state index contributed by atoms with van der Waals surface area (Å²) < 4.78 is 0. The Balaban J connectivity index is 0. The average Bonchev–Trinajstić information content (AvgIpc) is 0. The average molecular weight is 220 g/mol. The van der Waals surface area contributed by atoms with Crippen molar-refractivity contribution in [3.63, 3.8) is 0 Å². The summed E-state index contributed by atoms with van der Waals surface area (Å²) in [5.41, 5.74) is 0. The van der Waals surface area contributed by atoms with E-state index in [0.717, 1.165) is 0 Å². The Bertz CT molecular complexity index is 19.0. The predicted molar refractivity (Wildman–Crippen MR) is 10.3 cm³/mol. The summed E-state index contributed by atoms with van der Waals surface area (Å²) in [4.78, 5) is 0. The molecule has 0 bridgehead atoms. The first-order valence-corrected chi connectivity index (χ1v) is 0. The summed E-state index contributed by atoms with van der Waals surface area (Å²) in [6, 6.07) is 0. The van der Waals surface area contributed by atoms with E-state index in [1.165, 1.54) is 0 Å².